The molecular formula is C23H14Cl2F2N6. The van der Waals surface area contributed by atoms with Crippen LogP contribution in [0.3, 0.4) is 0 Å². The fourth-order valence-corrected chi connectivity index (χ4v) is 3.97. The molecule has 3 aromatic carbocycles. The van der Waals surface area contributed by atoms with Gasteiger partial charge in [0.2, 0.25) is 0 Å². The summed E-state index contributed by atoms with van der Waals surface area (Å²) in [7, 11) is 0. The van der Waals surface area contributed by atoms with Crippen molar-refractivity contribution in [1.29, 1.82) is 0 Å². The number of aromatic amines is 1. The third-order valence-electron chi connectivity index (χ3n) is 5.06. The molecule has 0 radical (unpaired) electrons. The Bertz CT molecular complexity index is 1440. The van der Waals surface area contributed by atoms with E-state index in [1.54, 1.807) is 22.8 Å². The molecule has 0 spiro atoms. The van der Waals surface area contributed by atoms with E-state index in [0.717, 1.165) is 5.56 Å². The third-order valence-corrected chi connectivity index (χ3v) is 5.64. The lowest BCUT2D eigenvalue weighted by Gasteiger charge is -2.15. The number of imidazole rings is 1. The summed E-state index contributed by atoms with van der Waals surface area (Å²) >= 11 is 12.2. The van der Waals surface area contributed by atoms with E-state index in [0.29, 0.717) is 28.6 Å². The molecule has 0 saturated carbocycles. The maximum absolute atomic E-state index is 15.3. The molecule has 0 amide bonds. The largest absolute Gasteiger partial charge is 0.289 e. The van der Waals surface area contributed by atoms with E-state index >= 15 is 4.39 Å². The van der Waals surface area contributed by atoms with Crippen molar-refractivity contribution < 1.29 is 8.78 Å². The van der Waals surface area contributed by atoms with Crippen molar-refractivity contribution in [1.82, 2.24) is 30.2 Å². The van der Waals surface area contributed by atoms with Gasteiger partial charge in [0.05, 0.1) is 33.5 Å². The van der Waals surface area contributed by atoms with Gasteiger partial charge < -0.3 is 0 Å². The molecule has 5 rings (SSSR count). The Labute approximate surface area is 196 Å². The lowest BCUT2D eigenvalue weighted by atomic mass is 10.1. The molecule has 0 aliphatic heterocycles. The average Bonchev–Trinajstić information content (AvgIpc) is 3.46. The minimum Gasteiger partial charge on any atom is -0.289 e. The Morgan fingerprint density at radius 3 is 2.42 bits per heavy atom. The van der Waals surface area contributed by atoms with Gasteiger partial charge in [0.15, 0.2) is 11.6 Å². The molecule has 2 aromatic heterocycles. The lowest BCUT2D eigenvalue weighted by Crippen LogP contribution is -2.04. The summed E-state index contributed by atoms with van der Waals surface area (Å²) in [6, 6.07) is 18.3. The summed E-state index contributed by atoms with van der Waals surface area (Å²) in [4.78, 5) is 4.83. The van der Waals surface area contributed by atoms with Crippen molar-refractivity contribution >= 4 is 23.2 Å². The van der Waals surface area contributed by atoms with Gasteiger partial charge in [-0.15, -0.1) is 10.2 Å². The topological polar surface area (TPSA) is 72.3 Å². The van der Waals surface area contributed by atoms with Crippen LogP contribution in [0.15, 0.2) is 66.7 Å². The van der Waals surface area contributed by atoms with Crippen molar-refractivity contribution in [3.05, 3.63) is 99.9 Å². The monoisotopic (exact) mass is 482 g/mol. The molecule has 5 aromatic rings. The highest BCUT2D eigenvalue weighted by Gasteiger charge is 2.25. The average molecular weight is 483 g/mol. The van der Waals surface area contributed by atoms with Crippen molar-refractivity contribution in [2.75, 3.05) is 0 Å². The van der Waals surface area contributed by atoms with Crippen LogP contribution in [-0.4, -0.2) is 30.2 Å². The number of benzene rings is 3. The molecule has 0 saturated heterocycles. The van der Waals surface area contributed by atoms with Gasteiger partial charge in [-0.1, -0.05) is 64.8 Å². The predicted octanol–water partition coefficient (Wildman–Crippen LogP) is 5.90. The van der Waals surface area contributed by atoms with E-state index < -0.39 is 11.6 Å². The fourth-order valence-electron chi connectivity index (χ4n) is 3.62. The van der Waals surface area contributed by atoms with Gasteiger partial charge in [-0.25, -0.2) is 13.8 Å². The summed E-state index contributed by atoms with van der Waals surface area (Å²) in [6.07, 6.45) is 0.190. The van der Waals surface area contributed by atoms with Gasteiger partial charge in [-0.3, -0.25) is 4.57 Å². The quantitative estimate of drug-likeness (QED) is 0.338. The van der Waals surface area contributed by atoms with Crippen molar-refractivity contribution in [2.45, 2.75) is 6.42 Å². The van der Waals surface area contributed by atoms with Gasteiger partial charge in [-0.2, -0.15) is 5.21 Å². The first kappa shape index (κ1) is 21.2. The van der Waals surface area contributed by atoms with Crippen LogP contribution in [0.1, 0.15) is 11.5 Å². The Hall–Kier alpha value is -3.62. The van der Waals surface area contributed by atoms with E-state index in [4.69, 9.17) is 28.2 Å². The molecule has 0 unspecified atom stereocenters. The zero-order valence-corrected chi connectivity index (χ0v) is 18.3. The number of hydrogen-bond acceptors (Lipinski definition) is 4. The molecule has 33 heavy (non-hydrogen) atoms. The Kier molecular flexibility index (Phi) is 5.62. The Morgan fingerprint density at radius 1 is 0.879 bits per heavy atom. The van der Waals surface area contributed by atoms with E-state index in [9.17, 15) is 4.39 Å². The number of nitrogens with one attached hydrogen (secondary N) is 1. The summed E-state index contributed by atoms with van der Waals surface area (Å²) in [5.41, 5.74) is 2.49. The second-order valence-electron chi connectivity index (χ2n) is 7.14. The number of rotatable bonds is 5. The summed E-state index contributed by atoms with van der Waals surface area (Å²) in [5, 5.41) is 13.9. The van der Waals surface area contributed by atoms with E-state index in [1.807, 2.05) is 30.3 Å². The Balaban J connectivity index is 1.86. The predicted molar refractivity (Wildman–Crippen MR) is 121 cm³/mol. The molecule has 6 nitrogen and oxygen atoms in total. The van der Waals surface area contributed by atoms with Crippen molar-refractivity contribution in [3.63, 3.8) is 0 Å². The summed E-state index contributed by atoms with van der Waals surface area (Å²) < 4.78 is 30.9. The lowest BCUT2D eigenvalue weighted by molar-refractivity contribution is 0.619. The van der Waals surface area contributed by atoms with Gasteiger partial charge in [0.1, 0.15) is 11.6 Å². The maximum atomic E-state index is 15.3. The number of tetrazole rings is 1. The maximum Gasteiger partial charge on any atom is 0.180 e. The minimum atomic E-state index is -0.616. The zero-order chi connectivity index (χ0) is 22.9. The number of nitrogens with zero attached hydrogens (tertiary/aromatic N) is 5. The zero-order valence-electron chi connectivity index (χ0n) is 16.8. The first-order chi connectivity index (χ1) is 16.0. The highest BCUT2D eigenvalue weighted by molar-refractivity contribution is 6.31. The van der Waals surface area contributed by atoms with Crippen LogP contribution >= 0.6 is 23.2 Å². The second-order valence-corrected chi connectivity index (χ2v) is 7.95. The molecule has 0 fully saturated rings. The molecule has 164 valence electrons. The van der Waals surface area contributed by atoms with Crippen LogP contribution in [0.25, 0.3) is 28.3 Å². The van der Waals surface area contributed by atoms with Crippen LogP contribution in [0.4, 0.5) is 8.78 Å². The van der Waals surface area contributed by atoms with Crippen LogP contribution in [0.2, 0.25) is 10.0 Å². The highest BCUT2D eigenvalue weighted by atomic mass is 35.5. The van der Waals surface area contributed by atoms with Gasteiger partial charge in [0.25, 0.3) is 0 Å². The van der Waals surface area contributed by atoms with Gasteiger partial charge in [-0.05, 0) is 30.3 Å². The molecule has 0 aliphatic carbocycles. The van der Waals surface area contributed by atoms with Crippen molar-refractivity contribution in [3.8, 4) is 28.3 Å². The number of H-pyrrole nitrogens is 1. The smallest absolute Gasteiger partial charge is 0.180 e. The molecule has 10 heteroatoms. The van der Waals surface area contributed by atoms with Gasteiger partial charge >= 0.3 is 0 Å². The summed E-state index contributed by atoms with van der Waals surface area (Å²) in [5.74, 6) is -0.330. The molecule has 1 N–H and O–H groups in total. The minimum absolute atomic E-state index is 0.0389. The summed E-state index contributed by atoms with van der Waals surface area (Å²) in [6.45, 7) is 0. The highest BCUT2D eigenvalue weighted by Crippen LogP contribution is 2.37. The standard InChI is InChI=1S/C23H14Cl2F2N6/c24-15-7-4-8-19(21(15)27)33-22(14-9-10-17(26)16(25)11-14)18(12-20-29-31-32-30-20)28-23(33)13-5-2-1-3-6-13/h1-11H,12H2,(H,29,30,31,32). The van der Waals surface area contributed by atoms with Crippen LogP contribution in [0, 0.1) is 11.6 Å². The van der Waals surface area contributed by atoms with Crippen LogP contribution in [0.5, 0.6) is 0 Å². The molecule has 0 aliphatic rings. The molecular weight excluding hydrogens is 469 g/mol. The number of halogens is 4. The first-order valence-electron chi connectivity index (χ1n) is 9.82. The molecule has 2 heterocycles. The van der Waals surface area contributed by atoms with E-state index in [1.165, 1.54) is 18.2 Å². The fraction of sp³-hybridized carbons (Fsp3) is 0.0435. The van der Waals surface area contributed by atoms with Crippen LogP contribution in [-0.2, 0) is 6.42 Å². The van der Waals surface area contributed by atoms with E-state index in [2.05, 4.69) is 20.6 Å². The number of aromatic nitrogens is 6. The first-order valence-corrected chi connectivity index (χ1v) is 10.6. The molecule has 0 bridgehead atoms. The SMILES string of the molecule is Fc1ccc(-c2c(Cc3nn[nH]n3)nc(-c3ccccc3)n2-c2cccc(Cl)c2F)cc1Cl. The van der Waals surface area contributed by atoms with Crippen molar-refractivity contribution in [2.24, 2.45) is 0 Å². The van der Waals surface area contributed by atoms with Crippen LogP contribution < -0.4 is 0 Å². The second kappa shape index (κ2) is 8.73. The van der Waals surface area contributed by atoms with E-state index in [-0.39, 0.29) is 22.2 Å². The molecule has 0 atom stereocenters. The Morgan fingerprint density at radius 2 is 1.70 bits per heavy atom. The normalized spacial score (nSPS) is 11.2. The number of hydrogen-bond donors (Lipinski definition) is 1. The third kappa shape index (κ3) is 3.99. The van der Waals surface area contributed by atoms with Gasteiger partial charge in [0, 0.05) is 11.1 Å².